The summed E-state index contributed by atoms with van der Waals surface area (Å²) in [6.45, 7) is 4.95. The maximum atomic E-state index is 13.4. The zero-order valence-corrected chi connectivity index (χ0v) is 20.0. The zero-order valence-electron chi connectivity index (χ0n) is 19.2. The first-order valence-corrected chi connectivity index (χ1v) is 12.3. The van der Waals surface area contributed by atoms with Crippen LogP contribution in [0.2, 0.25) is 0 Å². The molecule has 1 fully saturated rings. The summed E-state index contributed by atoms with van der Waals surface area (Å²) in [5.74, 6) is 0.244. The third kappa shape index (κ3) is 5.90. The van der Waals surface area contributed by atoms with Crippen LogP contribution < -0.4 is 5.32 Å². The highest BCUT2D eigenvalue weighted by Gasteiger charge is 2.22. The second-order valence-corrected chi connectivity index (χ2v) is 9.43. The summed E-state index contributed by atoms with van der Waals surface area (Å²) < 4.78 is 21.2. The maximum absolute atomic E-state index is 13.4. The lowest BCUT2D eigenvalue weighted by molar-refractivity contribution is -0.118. The first-order valence-electron chi connectivity index (χ1n) is 11.3. The molecule has 1 aromatic heterocycles. The van der Waals surface area contributed by atoms with E-state index in [4.69, 9.17) is 4.74 Å². The molecule has 34 heavy (non-hydrogen) atoms. The lowest BCUT2D eigenvalue weighted by Crippen LogP contribution is -2.17. The number of carbonyl (C=O) groups excluding carboxylic acids is 2. The Balaban J connectivity index is 1.47. The van der Waals surface area contributed by atoms with E-state index in [9.17, 15) is 14.0 Å². The van der Waals surface area contributed by atoms with Gasteiger partial charge in [0.25, 0.3) is 0 Å². The van der Waals surface area contributed by atoms with Crippen LogP contribution in [0.5, 0.6) is 0 Å². The van der Waals surface area contributed by atoms with Gasteiger partial charge in [0.05, 0.1) is 18.4 Å². The number of ketones is 1. The van der Waals surface area contributed by atoms with Gasteiger partial charge in [-0.05, 0) is 61.4 Å². The van der Waals surface area contributed by atoms with E-state index >= 15 is 0 Å². The van der Waals surface area contributed by atoms with E-state index in [0.29, 0.717) is 28.8 Å². The molecular formula is C25H27FN4O3S. The maximum Gasteiger partial charge on any atom is 0.226 e. The number of nitrogens with zero attached hydrogens (tertiary/aromatic N) is 3. The van der Waals surface area contributed by atoms with Crippen molar-refractivity contribution in [3.8, 4) is 11.4 Å². The van der Waals surface area contributed by atoms with Gasteiger partial charge in [-0.15, -0.1) is 10.2 Å². The zero-order chi connectivity index (χ0) is 24.1. The Bertz CT molecular complexity index is 1140. The predicted molar refractivity (Wildman–Crippen MR) is 129 cm³/mol. The van der Waals surface area contributed by atoms with Crippen LogP contribution in [-0.2, 0) is 16.1 Å². The SMILES string of the molecule is CC(C)C(=O)Nc1ccc(C(=O)CSc2nnc(-c3ccc(F)cc3)n2CC2CCCO2)cc1. The topological polar surface area (TPSA) is 86.1 Å². The lowest BCUT2D eigenvalue weighted by Gasteiger charge is -2.14. The molecule has 1 atom stereocenters. The third-order valence-electron chi connectivity index (χ3n) is 5.56. The number of benzene rings is 2. The summed E-state index contributed by atoms with van der Waals surface area (Å²) in [6.07, 6.45) is 2.01. The van der Waals surface area contributed by atoms with Gasteiger partial charge in [0.15, 0.2) is 16.8 Å². The Morgan fingerprint density at radius 2 is 1.88 bits per heavy atom. The Hall–Kier alpha value is -3.04. The van der Waals surface area contributed by atoms with Crippen LogP contribution in [0.25, 0.3) is 11.4 Å². The van der Waals surface area contributed by atoms with Gasteiger partial charge in [-0.3, -0.25) is 14.2 Å². The predicted octanol–water partition coefficient (Wildman–Crippen LogP) is 4.83. The highest BCUT2D eigenvalue weighted by molar-refractivity contribution is 7.99. The quantitative estimate of drug-likeness (QED) is 0.347. The minimum Gasteiger partial charge on any atom is -0.376 e. The molecule has 2 aromatic carbocycles. The molecule has 1 N–H and O–H groups in total. The molecule has 1 aliphatic rings. The Morgan fingerprint density at radius 3 is 2.53 bits per heavy atom. The lowest BCUT2D eigenvalue weighted by atomic mass is 10.1. The summed E-state index contributed by atoms with van der Waals surface area (Å²) in [6, 6.07) is 13.0. The van der Waals surface area contributed by atoms with Gasteiger partial charge in [-0.25, -0.2) is 4.39 Å². The normalized spacial score (nSPS) is 15.6. The highest BCUT2D eigenvalue weighted by atomic mass is 32.2. The van der Waals surface area contributed by atoms with Gasteiger partial charge in [0.2, 0.25) is 5.91 Å². The molecule has 1 unspecified atom stereocenters. The van der Waals surface area contributed by atoms with Crippen LogP contribution >= 0.6 is 11.8 Å². The molecule has 0 spiro atoms. The molecule has 7 nitrogen and oxygen atoms in total. The van der Waals surface area contributed by atoms with Crippen molar-refractivity contribution in [2.24, 2.45) is 5.92 Å². The summed E-state index contributed by atoms with van der Waals surface area (Å²) >= 11 is 1.31. The van der Waals surface area contributed by atoms with Gasteiger partial charge in [0.1, 0.15) is 5.82 Å². The number of amides is 1. The number of anilines is 1. The summed E-state index contributed by atoms with van der Waals surface area (Å²) in [5.41, 5.74) is 1.96. The van der Waals surface area contributed by atoms with E-state index in [2.05, 4.69) is 15.5 Å². The number of carbonyl (C=O) groups is 2. The second-order valence-electron chi connectivity index (χ2n) is 8.49. The number of nitrogens with one attached hydrogen (secondary N) is 1. The Morgan fingerprint density at radius 1 is 1.15 bits per heavy atom. The number of aromatic nitrogens is 3. The van der Waals surface area contributed by atoms with E-state index in [1.54, 1.807) is 36.4 Å². The van der Waals surface area contributed by atoms with E-state index < -0.39 is 0 Å². The smallest absolute Gasteiger partial charge is 0.226 e. The number of hydrogen-bond acceptors (Lipinski definition) is 6. The van der Waals surface area contributed by atoms with Crippen LogP contribution in [-0.4, -0.2) is 44.9 Å². The molecule has 1 saturated heterocycles. The van der Waals surface area contributed by atoms with Crippen molar-refractivity contribution in [3.63, 3.8) is 0 Å². The molecule has 3 aromatic rings. The van der Waals surface area contributed by atoms with Gasteiger partial charge in [-0.2, -0.15) is 0 Å². The first-order chi connectivity index (χ1) is 16.4. The molecule has 0 radical (unpaired) electrons. The number of ether oxygens (including phenoxy) is 1. The van der Waals surface area contributed by atoms with Gasteiger partial charge in [0, 0.05) is 29.3 Å². The number of thioether (sulfide) groups is 1. The van der Waals surface area contributed by atoms with Crippen molar-refractivity contribution in [1.82, 2.24) is 14.8 Å². The Labute approximate surface area is 202 Å². The Kier molecular flexibility index (Phi) is 7.74. The summed E-state index contributed by atoms with van der Waals surface area (Å²) in [4.78, 5) is 24.6. The molecule has 0 aliphatic carbocycles. The molecule has 9 heteroatoms. The minimum absolute atomic E-state index is 0.0539. The van der Waals surface area contributed by atoms with Crippen molar-refractivity contribution in [3.05, 3.63) is 59.9 Å². The number of hydrogen-bond donors (Lipinski definition) is 1. The molecular weight excluding hydrogens is 455 g/mol. The van der Waals surface area contributed by atoms with E-state index in [1.165, 1.54) is 23.9 Å². The largest absolute Gasteiger partial charge is 0.376 e. The molecule has 1 amide bonds. The number of rotatable bonds is 9. The van der Waals surface area contributed by atoms with Crippen molar-refractivity contribution in [1.29, 1.82) is 0 Å². The van der Waals surface area contributed by atoms with Crippen molar-refractivity contribution >= 4 is 29.1 Å². The molecule has 1 aliphatic heterocycles. The van der Waals surface area contributed by atoms with Gasteiger partial charge >= 0.3 is 0 Å². The van der Waals surface area contributed by atoms with E-state index in [-0.39, 0.29) is 35.3 Å². The molecule has 0 bridgehead atoms. The van der Waals surface area contributed by atoms with Crippen LogP contribution in [0.15, 0.2) is 53.7 Å². The van der Waals surface area contributed by atoms with Gasteiger partial charge in [-0.1, -0.05) is 25.6 Å². The van der Waals surface area contributed by atoms with Crippen LogP contribution in [0.1, 0.15) is 37.0 Å². The summed E-state index contributed by atoms with van der Waals surface area (Å²) in [5, 5.41) is 12.1. The van der Waals surface area contributed by atoms with Crippen LogP contribution in [0.4, 0.5) is 10.1 Å². The number of halogens is 1. The van der Waals surface area contributed by atoms with Crippen molar-refractivity contribution in [2.45, 2.75) is 44.5 Å². The minimum atomic E-state index is -0.316. The van der Waals surface area contributed by atoms with Crippen molar-refractivity contribution < 1.29 is 18.7 Å². The molecule has 4 rings (SSSR count). The fourth-order valence-corrected chi connectivity index (χ4v) is 4.45. The van der Waals surface area contributed by atoms with Crippen molar-refractivity contribution in [2.75, 3.05) is 17.7 Å². The monoisotopic (exact) mass is 482 g/mol. The molecule has 2 heterocycles. The average molecular weight is 483 g/mol. The van der Waals surface area contributed by atoms with E-state index in [0.717, 1.165) is 25.0 Å². The number of Topliss-reactive ketones (excluding diaryl/α,β-unsaturated/α-hetero) is 1. The molecule has 178 valence electrons. The average Bonchev–Trinajstić information content (AvgIpc) is 3.49. The summed E-state index contributed by atoms with van der Waals surface area (Å²) in [7, 11) is 0. The van der Waals surface area contributed by atoms with E-state index in [1.807, 2.05) is 18.4 Å². The first kappa shape index (κ1) is 24.1. The highest BCUT2D eigenvalue weighted by Crippen LogP contribution is 2.27. The fourth-order valence-electron chi connectivity index (χ4n) is 3.60. The standard InChI is InChI=1S/C25H27FN4O3S/c1-16(2)24(32)27-20-11-7-17(8-12-20)22(31)15-34-25-29-28-23(18-5-9-19(26)10-6-18)30(25)14-21-4-3-13-33-21/h5-12,16,21H,3-4,13-15H2,1-2H3,(H,27,32). The molecule has 0 saturated carbocycles. The van der Waals surface area contributed by atoms with Crippen LogP contribution in [0.3, 0.4) is 0 Å². The van der Waals surface area contributed by atoms with Crippen LogP contribution in [0, 0.1) is 11.7 Å². The second kappa shape index (κ2) is 10.9. The van der Waals surface area contributed by atoms with Gasteiger partial charge < -0.3 is 10.1 Å². The third-order valence-corrected chi connectivity index (χ3v) is 6.53. The fraction of sp³-hybridized carbons (Fsp3) is 0.360.